The second-order valence-corrected chi connectivity index (χ2v) is 8.28. The zero-order chi connectivity index (χ0) is 18.4. The van der Waals surface area contributed by atoms with Crippen LogP contribution in [-0.2, 0) is 18.3 Å². The van der Waals surface area contributed by atoms with Crippen LogP contribution in [0.5, 0.6) is 5.75 Å². The van der Waals surface area contributed by atoms with E-state index in [9.17, 15) is 15.3 Å². The summed E-state index contributed by atoms with van der Waals surface area (Å²) in [5.41, 5.74) is 2.35. The number of aromatic hydroxyl groups is 1. The second kappa shape index (κ2) is 6.40. The number of aliphatic hydroxyl groups excluding tert-OH is 1. The lowest BCUT2D eigenvalue weighted by Crippen LogP contribution is -2.58. The summed E-state index contributed by atoms with van der Waals surface area (Å²) in [6.45, 7) is 2.18. The molecule has 3 heteroatoms. The summed E-state index contributed by atoms with van der Waals surface area (Å²) < 4.78 is 0. The Morgan fingerprint density at radius 2 is 1.85 bits per heavy atom. The number of fused-ring (bicyclic) bond motifs is 3. The normalized spacial score (nSPS) is 33.3. The lowest BCUT2D eigenvalue weighted by atomic mass is 9.52. The van der Waals surface area contributed by atoms with Crippen molar-refractivity contribution in [2.75, 3.05) is 0 Å². The quantitative estimate of drug-likeness (QED) is 0.789. The van der Waals surface area contributed by atoms with E-state index in [0.29, 0.717) is 30.9 Å². The summed E-state index contributed by atoms with van der Waals surface area (Å²) in [6.07, 6.45) is 3.80. The van der Waals surface area contributed by atoms with E-state index in [0.717, 1.165) is 24.8 Å². The number of aliphatic hydroxyl groups is 2. The van der Waals surface area contributed by atoms with Gasteiger partial charge in [0.15, 0.2) is 0 Å². The Morgan fingerprint density at radius 3 is 2.58 bits per heavy atom. The fraction of sp³-hybridized carbons (Fsp3) is 0.478. The van der Waals surface area contributed by atoms with Crippen LogP contribution < -0.4 is 0 Å². The topological polar surface area (TPSA) is 60.7 Å². The zero-order valence-electron chi connectivity index (χ0n) is 15.4. The fourth-order valence-corrected chi connectivity index (χ4v) is 5.53. The lowest BCUT2D eigenvalue weighted by molar-refractivity contribution is -0.139. The first-order valence-corrected chi connectivity index (χ1v) is 9.73. The first kappa shape index (κ1) is 17.6. The third-order valence-electron chi connectivity index (χ3n) is 6.93. The summed E-state index contributed by atoms with van der Waals surface area (Å²) in [5, 5.41) is 32.2. The molecular formula is C23H28O3. The van der Waals surface area contributed by atoms with E-state index in [1.54, 1.807) is 6.07 Å². The molecule has 26 heavy (non-hydrogen) atoms. The van der Waals surface area contributed by atoms with E-state index in [1.165, 1.54) is 11.1 Å². The molecule has 4 atom stereocenters. The molecule has 0 bridgehead atoms. The standard InChI is InChI=1S/C23H28O3/c1-2-22-15-21(25)23(26,13-16-6-4-3-5-7-16)14-18(22)9-8-17-12-19(24)10-11-20(17)22/h3-7,10-12,18,21,24-26H,2,8-9,13-15H2,1H3/t18-,21-,22-,23+/m1/s1. The molecule has 2 aromatic rings. The molecule has 0 amide bonds. The maximum Gasteiger partial charge on any atom is 0.115 e. The number of aryl methyl sites for hydroxylation is 1. The van der Waals surface area contributed by atoms with Gasteiger partial charge in [-0.05, 0) is 66.8 Å². The van der Waals surface area contributed by atoms with E-state index in [-0.39, 0.29) is 5.41 Å². The van der Waals surface area contributed by atoms with Crippen LogP contribution >= 0.6 is 0 Å². The number of rotatable bonds is 3. The van der Waals surface area contributed by atoms with Gasteiger partial charge in [-0.15, -0.1) is 0 Å². The first-order chi connectivity index (χ1) is 12.5. The van der Waals surface area contributed by atoms with Crippen molar-refractivity contribution in [2.45, 2.75) is 62.6 Å². The zero-order valence-corrected chi connectivity index (χ0v) is 15.4. The maximum atomic E-state index is 11.3. The van der Waals surface area contributed by atoms with Crippen LogP contribution in [0.25, 0.3) is 0 Å². The van der Waals surface area contributed by atoms with Crippen LogP contribution in [0, 0.1) is 5.92 Å². The van der Waals surface area contributed by atoms with Gasteiger partial charge in [0.2, 0.25) is 0 Å². The van der Waals surface area contributed by atoms with Crippen molar-refractivity contribution >= 4 is 0 Å². The molecule has 3 N–H and O–H groups in total. The predicted molar refractivity (Wildman–Crippen MR) is 102 cm³/mol. The first-order valence-electron chi connectivity index (χ1n) is 9.73. The molecule has 0 spiro atoms. The largest absolute Gasteiger partial charge is 0.508 e. The van der Waals surface area contributed by atoms with Gasteiger partial charge in [0.25, 0.3) is 0 Å². The van der Waals surface area contributed by atoms with E-state index < -0.39 is 11.7 Å². The third kappa shape index (κ3) is 2.74. The minimum Gasteiger partial charge on any atom is -0.508 e. The minimum atomic E-state index is -1.07. The van der Waals surface area contributed by atoms with Crippen LogP contribution in [0.4, 0.5) is 0 Å². The molecule has 2 aliphatic carbocycles. The Morgan fingerprint density at radius 1 is 1.08 bits per heavy atom. The van der Waals surface area contributed by atoms with E-state index in [2.05, 4.69) is 6.92 Å². The Balaban J connectivity index is 1.68. The Hall–Kier alpha value is -1.84. The SMILES string of the molecule is CC[C@@]12C[C@@H](O)[C@](O)(Cc3ccccc3)C[C@H]1CCc1cc(O)ccc12. The molecule has 2 aromatic carbocycles. The van der Waals surface area contributed by atoms with Crippen molar-refractivity contribution in [3.8, 4) is 5.75 Å². The third-order valence-corrected chi connectivity index (χ3v) is 6.93. The minimum absolute atomic E-state index is 0.108. The van der Waals surface area contributed by atoms with Gasteiger partial charge in [0, 0.05) is 11.8 Å². The molecule has 3 nitrogen and oxygen atoms in total. The Bertz CT molecular complexity index is 787. The smallest absolute Gasteiger partial charge is 0.115 e. The van der Waals surface area contributed by atoms with Gasteiger partial charge in [0.1, 0.15) is 5.75 Å². The number of phenolic OH excluding ortho intramolecular Hbond substituents is 1. The molecule has 2 aliphatic rings. The van der Waals surface area contributed by atoms with Gasteiger partial charge in [-0.25, -0.2) is 0 Å². The summed E-state index contributed by atoms with van der Waals surface area (Å²) in [4.78, 5) is 0. The summed E-state index contributed by atoms with van der Waals surface area (Å²) in [5.74, 6) is 0.659. The molecular weight excluding hydrogens is 324 g/mol. The molecule has 0 aliphatic heterocycles. The average Bonchev–Trinajstić information content (AvgIpc) is 2.63. The molecule has 1 saturated carbocycles. The molecule has 138 valence electrons. The van der Waals surface area contributed by atoms with Gasteiger partial charge in [0.05, 0.1) is 11.7 Å². The Kier molecular flexibility index (Phi) is 4.32. The highest BCUT2D eigenvalue weighted by atomic mass is 16.3. The van der Waals surface area contributed by atoms with Crippen LogP contribution in [-0.4, -0.2) is 27.0 Å². The predicted octanol–water partition coefficient (Wildman–Crippen LogP) is 3.73. The summed E-state index contributed by atoms with van der Waals surface area (Å²) in [7, 11) is 0. The average molecular weight is 352 g/mol. The van der Waals surface area contributed by atoms with Crippen molar-refractivity contribution in [2.24, 2.45) is 5.92 Å². The monoisotopic (exact) mass is 352 g/mol. The van der Waals surface area contributed by atoms with E-state index >= 15 is 0 Å². The fourth-order valence-electron chi connectivity index (χ4n) is 5.53. The van der Waals surface area contributed by atoms with E-state index in [4.69, 9.17) is 0 Å². The molecule has 0 aromatic heterocycles. The molecule has 1 fully saturated rings. The van der Waals surface area contributed by atoms with Crippen LogP contribution in [0.1, 0.15) is 49.3 Å². The number of phenols is 1. The lowest BCUT2D eigenvalue weighted by Gasteiger charge is -2.55. The van der Waals surface area contributed by atoms with Gasteiger partial charge in [-0.1, -0.05) is 43.3 Å². The molecule has 0 radical (unpaired) electrons. The van der Waals surface area contributed by atoms with Gasteiger partial charge in [-0.2, -0.15) is 0 Å². The van der Waals surface area contributed by atoms with Crippen molar-refractivity contribution in [1.82, 2.24) is 0 Å². The van der Waals surface area contributed by atoms with E-state index in [1.807, 2.05) is 42.5 Å². The highest BCUT2D eigenvalue weighted by Gasteiger charge is 2.54. The number of hydrogen-bond donors (Lipinski definition) is 3. The van der Waals surface area contributed by atoms with Crippen LogP contribution in [0.2, 0.25) is 0 Å². The van der Waals surface area contributed by atoms with Crippen molar-refractivity contribution in [3.05, 3.63) is 65.2 Å². The number of benzene rings is 2. The molecule has 4 rings (SSSR count). The van der Waals surface area contributed by atoms with Crippen molar-refractivity contribution in [1.29, 1.82) is 0 Å². The van der Waals surface area contributed by atoms with Crippen molar-refractivity contribution in [3.63, 3.8) is 0 Å². The number of hydrogen-bond acceptors (Lipinski definition) is 3. The van der Waals surface area contributed by atoms with Gasteiger partial charge < -0.3 is 15.3 Å². The van der Waals surface area contributed by atoms with Gasteiger partial charge >= 0.3 is 0 Å². The molecule has 0 heterocycles. The molecule has 0 unspecified atom stereocenters. The molecule has 0 saturated heterocycles. The van der Waals surface area contributed by atoms with Crippen molar-refractivity contribution < 1.29 is 15.3 Å². The summed E-state index contributed by atoms with van der Waals surface area (Å²) >= 11 is 0. The van der Waals surface area contributed by atoms with Gasteiger partial charge in [-0.3, -0.25) is 0 Å². The maximum absolute atomic E-state index is 11.3. The summed E-state index contributed by atoms with van der Waals surface area (Å²) in [6, 6.07) is 15.6. The van der Waals surface area contributed by atoms with Crippen LogP contribution in [0.15, 0.2) is 48.5 Å². The Labute approximate surface area is 155 Å². The highest BCUT2D eigenvalue weighted by Crippen LogP contribution is 2.55. The second-order valence-electron chi connectivity index (χ2n) is 8.28. The van der Waals surface area contributed by atoms with Crippen LogP contribution in [0.3, 0.4) is 0 Å². The highest BCUT2D eigenvalue weighted by molar-refractivity contribution is 5.43.